The van der Waals surface area contributed by atoms with Crippen LogP contribution in [0.25, 0.3) is 0 Å². The Labute approximate surface area is 74.9 Å². The lowest BCUT2D eigenvalue weighted by Gasteiger charge is -2.37. The van der Waals surface area contributed by atoms with Crippen molar-refractivity contribution >= 4 is 5.78 Å². The van der Waals surface area contributed by atoms with Crippen LogP contribution in [0.4, 0.5) is 0 Å². The van der Waals surface area contributed by atoms with Crippen molar-refractivity contribution in [3.05, 3.63) is 12.7 Å². The normalized spacial score (nSPS) is 28.2. The van der Waals surface area contributed by atoms with Gasteiger partial charge in [0.2, 0.25) is 0 Å². The van der Waals surface area contributed by atoms with E-state index in [0.29, 0.717) is 5.92 Å². The lowest BCUT2D eigenvalue weighted by molar-refractivity contribution is -0.116. The molecule has 0 bridgehead atoms. The third-order valence-electron chi connectivity index (χ3n) is 2.93. The maximum Gasteiger partial charge on any atom is 0.155 e. The molecule has 1 fully saturated rings. The number of carbonyl (C=O) groups excluding carboxylic acids is 1. The predicted molar refractivity (Wildman–Crippen MR) is 50.9 cm³/mol. The highest BCUT2D eigenvalue weighted by Gasteiger charge is 2.31. The molecular weight excluding hydrogens is 148 g/mol. The Hall–Kier alpha value is -0.590. The fourth-order valence-electron chi connectivity index (χ4n) is 1.87. The molecule has 0 atom stereocenters. The summed E-state index contributed by atoms with van der Waals surface area (Å²) < 4.78 is 0. The third-order valence-corrected chi connectivity index (χ3v) is 2.93. The molecule has 1 saturated carbocycles. The van der Waals surface area contributed by atoms with Gasteiger partial charge in [0.1, 0.15) is 0 Å². The number of hydrogen-bond acceptors (Lipinski definition) is 1. The van der Waals surface area contributed by atoms with E-state index in [-0.39, 0.29) is 5.78 Å². The minimum atomic E-state index is 0.210. The van der Waals surface area contributed by atoms with Gasteiger partial charge < -0.3 is 0 Å². The molecule has 12 heavy (non-hydrogen) atoms. The summed E-state index contributed by atoms with van der Waals surface area (Å²) in [4.78, 5) is 11.0. The van der Waals surface area contributed by atoms with Gasteiger partial charge in [-0.3, -0.25) is 4.79 Å². The lowest BCUT2D eigenvalue weighted by Crippen LogP contribution is -2.29. The molecule has 0 unspecified atom stereocenters. The highest BCUT2D eigenvalue weighted by Crippen LogP contribution is 2.40. The molecule has 1 nitrogen and oxygen atoms in total. The molecule has 1 aliphatic rings. The molecule has 0 aromatic rings. The molecule has 0 amide bonds. The first-order valence-corrected chi connectivity index (χ1v) is 4.78. The zero-order chi connectivity index (χ0) is 9.14. The van der Waals surface area contributed by atoms with Gasteiger partial charge in [0, 0.05) is 6.42 Å². The van der Waals surface area contributed by atoms with Gasteiger partial charge >= 0.3 is 0 Å². The van der Waals surface area contributed by atoms with Crippen LogP contribution in [0.5, 0.6) is 0 Å². The Bertz CT molecular complexity index is 175. The highest BCUT2D eigenvalue weighted by molar-refractivity contribution is 5.89. The van der Waals surface area contributed by atoms with Crippen LogP contribution in [0.15, 0.2) is 12.7 Å². The van der Waals surface area contributed by atoms with Crippen LogP contribution >= 0.6 is 0 Å². The molecule has 68 valence electrons. The summed E-state index contributed by atoms with van der Waals surface area (Å²) >= 11 is 0. The average Bonchev–Trinajstić information content (AvgIpc) is 1.94. The fraction of sp³-hybridized carbons (Fsp3) is 0.727. The van der Waals surface area contributed by atoms with Crippen LogP contribution in [0, 0.1) is 17.8 Å². The molecule has 1 rings (SSSR count). The molecule has 1 heteroatoms. The number of hydrogen-bond donors (Lipinski definition) is 0. The molecule has 0 saturated heterocycles. The third kappa shape index (κ3) is 2.20. The van der Waals surface area contributed by atoms with Crippen molar-refractivity contribution in [3.63, 3.8) is 0 Å². The van der Waals surface area contributed by atoms with Gasteiger partial charge in [-0.05, 0) is 36.7 Å². The van der Waals surface area contributed by atoms with Crippen molar-refractivity contribution in [1.82, 2.24) is 0 Å². The Kier molecular flexibility index (Phi) is 3.07. The van der Waals surface area contributed by atoms with Crippen LogP contribution in [0.1, 0.15) is 33.1 Å². The van der Waals surface area contributed by atoms with Crippen molar-refractivity contribution in [2.24, 2.45) is 17.8 Å². The van der Waals surface area contributed by atoms with E-state index in [0.717, 1.165) is 18.3 Å². The summed E-state index contributed by atoms with van der Waals surface area (Å²) in [5.74, 6) is 2.53. The lowest BCUT2D eigenvalue weighted by atomic mass is 9.68. The second-order valence-electron chi connectivity index (χ2n) is 4.22. The Morgan fingerprint density at radius 1 is 1.58 bits per heavy atom. The molecule has 1 aliphatic carbocycles. The Balaban J connectivity index is 2.17. The fourth-order valence-corrected chi connectivity index (χ4v) is 1.87. The standard InChI is InChI=1S/C11H18O/c1-4-11(12)7-9-5-10(6-9)8(2)3/h4,8-10H,1,5-7H2,2-3H3. The maximum absolute atomic E-state index is 11.0. The molecule has 0 aromatic carbocycles. The summed E-state index contributed by atoms with van der Waals surface area (Å²) in [6.07, 6.45) is 4.67. The summed E-state index contributed by atoms with van der Waals surface area (Å²) in [5.41, 5.74) is 0. The summed E-state index contributed by atoms with van der Waals surface area (Å²) in [5, 5.41) is 0. The van der Waals surface area contributed by atoms with E-state index in [1.807, 2.05) is 0 Å². The van der Waals surface area contributed by atoms with Crippen LogP contribution in [-0.4, -0.2) is 5.78 Å². The zero-order valence-corrected chi connectivity index (χ0v) is 8.05. The predicted octanol–water partition coefficient (Wildman–Crippen LogP) is 2.81. The SMILES string of the molecule is C=CC(=O)CC1CC(C(C)C)C1. The maximum atomic E-state index is 11.0. The molecule has 0 aromatic heterocycles. The number of ketones is 1. The second kappa shape index (κ2) is 3.88. The van der Waals surface area contributed by atoms with E-state index < -0.39 is 0 Å². The Morgan fingerprint density at radius 3 is 2.58 bits per heavy atom. The first kappa shape index (κ1) is 9.50. The van der Waals surface area contributed by atoms with Crippen molar-refractivity contribution in [1.29, 1.82) is 0 Å². The number of allylic oxidation sites excluding steroid dienone is 1. The largest absolute Gasteiger partial charge is 0.295 e. The van der Waals surface area contributed by atoms with Crippen molar-refractivity contribution in [3.8, 4) is 0 Å². The topological polar surface area (TPSA) is 17.1 Å². The van der Waals surface area contributed by atoms with Crippen molar-refractivity contribution in [2.45, 2.75) is 33.1 Å². The van der Waals surface area contributed by atoms with Crippen molar-refractivity contribution < 1.29 is 4.79 Å². The summed E-state index contributed by atoms with van der Waals surface area (Å²) in [6.45, 7) is 8.00. The van der Waals surface area contributed by atoms with Gasteiger partial charge in [-0.2, -0.15) is 0 Å². The van der Waals surface area contributed by atoms with Gasteiger partial charge in [0.15, 0.2) is 5.78 Å². The molecule has 0 aliphatic heterocycles. The molecule has 0 radical (unpaired) electrons. The van der Waals surface area contributed by atoms with E-state index in [9.17, 15) is 4.79 Å². The summed E-state index contributed by atoms with van der Waals surface area (Å²) in [7, 11) is 0. The highest BCUT2D eigenvalue weighted by atomic mass is 16.1. The molecule has 0 heterocycles. The van der Waals surface area contributed by atoms with Crippen LogP contribution in [0.2, 0.25) is 0 Å². The van der Waals surface area contributed by atoms with Gasteiger partial charge in [-0.15, -0.1) is 0 Å². The van der Waals surface area contributed by atoms with Crippen molar-refractivity contribution in [2.75, 3.05) is 0 Å². The van der Waals surface area contributed by atoms with E-state index in [1.54, 1.807) is 0 Å². The van der Waals surface area contributed by atoms with Crippen LogP contribution in [0.3, 0.4) is 0 Å². The second-order valence-corrected chi connectivity index (χ2v) is 4.22. The van der Waals surface area contributed by atoms with E-state index >= 15 is 0 Å². The number of carbonyl (C=O) groups is 1. The quantitative estimate of drug-likeness (QED) is 0.587. The van der Waals surface area contributed by atoms with Gasteiger partial charge in [-0.1, -0.05) is 20.4 Å². The van der Waals surface area contributed by atoms with E-state index in [2.05, 4.69) is 20.4 Å². The minimum absolute atomic E-state index is 0.210. The van der Waals surface area contributed by atoms with E-state index in [4.69, 9.17) is 0 Å². The minimum Gasteiger partial charge on any atom is -0.295 e. The van der Waals surface area contributed by atoms with E-state index in [1.165, 1.54) is 18.9 Å². The summed E-state index contributed by atoms with van der Waals surface area (Å²) in [6, 6.07) is 0. The van der Waals surface area contributed by atoms with Gasteiger partial charge in [0.25, 0.3) is 0 Å². The van der Waals surface area contributed by atoms with Gasteiger partial charge in [0.05, 0.1) is 0 Å². The Morgan fingerprint density at radius 2 is 2.17 bits per heavy atom. The molecule has 0 spiro atoms. The van der Waals surface area contributed by atoms with Crippen LogP contribution in [-0.2, 0) is 4.79 Å². The first-order valence-electron chi connectivity index (χ1n) is 4.78. The number of rotatable bonds is 4. The first-order chi connectivity index (χ1) is 5.63. The monoisotopic (exact) mass is 166 g/mol. The van der Waals surface area contributed by atoms with Crippen LogP contribution < -0.4 is 0 Å². The molecule has 0 N–H and O–H groups in total. The smallest absolute Gasteiger partial charge is 0.155 e. The van der Waals surface area contributed by atoms with Gasteiger partial charge in [-0.25, -0.2) is 0 Å². The average molecular weight is 166 g/mol. The molecular formula is C11H18O. The zero-order valence-electron chi connectivity index (χ0n) is 8.05.